The summed E-state index contributed by atoms with van der Waals surface area (Å²) in [7, 11) is 1.59. The average Bonchev–Trinajstić information content (AvgIpc) is 3.10. The van der Waals surface area contributed by atoms with Gasteiger partial charge < -0.3 is 10.1 Å². The van der Waals surface area contributed by atoms with Crippen LogP contribution in [0.1, 0.15) is 11.1 Å². The maximum absolute atomic E-state index is 12.3. The number of para-hydroxylation sites is 2. The molecule has 0 bridgehead atoms. The first kappa shape index (κ1) is 17.9. The van der Waals surface area contributed by atoms with Gasteiger partial charge in [0, 0.05) is 5.69 Å². The van der Waals surface area contributed by atoms with Crippen molar-refractivity contribution in [3.05, 3.63) is 53.6 Å². The fourth-order valence-corrected chi connectivity index (χ4v) is 3.18. The number of ether oxygens (including phenoxy) is 1. The zero-order valence-corrected chi connectivity index (χ0v) is 15.6. The van der Waals surface area contributed by atoms with Crippen LogP contribution in [-0.4, -0.2) is 39.0 Å². The predicted molar refractivity (Wildman–Crippen MR) is 101 cm³/mol. The van der Waals surface area contributed by atoms with E-state index in [1.54, 1.807) is 11.8 Å². The van der Waals surface area contributed by atoms with Gasteiger partial charge in [-0.1, -0.05) is 41.6 Å². The zero-order valence-electron chi connectivity index (χ0n) is 14.8. The number of aryl methyl sites for hydroxylation is 2. The number of anilines is 1. The van der Waals surface area contributed by atoms with Crippen molar-refractivity contribution in [1.82, 2.24) is 20.2 Å². The highest BCUT2D eigenvalue weighted by atomic mass is 32.2. The van der Waals surface area contributed by atoms with Crippen molar-refractivity contribution < 1.29 is 9.53 Å². The number of carbonyl (C=O) groups is 1. The molecule has 1 heterocycles. The molecular formula is C18H19N5O2S. The second kappa shape index (κ2) is 8.01. The van der Waals surface area contributed by atoms with Crippen molar-refractivity contribution in [3.8, 4) is 11.4 Å². The molecule has 26 heavy (non-hydrogen) atoms. The van der Waals surface area contributed by atoms with Gasteiger partial charge in [-0.15, -0.1) is 5.10 Å². The molecule has 8 heteroatoms. The molecule has 0 aliphatic heterocycles. The van der Waals surface area contributed by atoms with Gasteiger partial charge >= 0.3 is 0 Å². The van der Waals surface area contributed by atoms with Crippen LogP contribution in [0.3, 0.4) is 0 Å². The number of hydrogen-bond acceptors (Lipinski definition) is 6. The highest BCUT2D eigenvalue weighted by molar-refractivity contribution is 7.99. The third-order valence-corrected chi connectivity index (χ3v) is 4.66. The molecule has 3 aromatic rings. The smallest absolute Gasteiger partial charge is 0.234 e. The van der Waals surface area contributed by atoms with Crippen LogP contribution in [0.15, 0.2) is 47.6 Å². The van der Waals surface area contributed by atoms with Crippen LogP contribution in [0.4, 0.5) is 5.69 Å². The number of carbonyl (C=O) groups excluding carboxylic acids is 1. The van der Waals surface area contributed by atoms with Gasteiger partial charge in [0.25, 0.3) is 0 Å². The third kappa shape index (κ3) is 4.02. The molecule has 0 aliphatic carbocycles. The molecule has 2 aromatic carbocycles. The average molecular weight is 369 g/mol. The fourth-order valence-electron chi connectivity index (χ4n) is 2.50. The Morgan fingerprint density at radius 1 is 1.23 bits per heavy atom. The summed E-state index contributed by atoms with van der Waals surface area (Å²) >= 11 is 1.26. The van der Waals surface area contributed by atoms with Crippen LogP contribution in [0.25, 0.3) is 5.69 Å². The molecule has 0 saturated heterocycles. The van der Waals surface area contributed by atoms with Crippen molar-refractivity contribution in [3.63, 3.8) is 0 Å². The second-order valence-electron chi connectivity index (χ2n) is 5.70. The van der Waals surface area contributed by atoms with Gasteiger partial charge in [-0.05, 0) is 48.0 Å². The van der Waals surface area contributed by atoms with Crippen molar-refractivity contribution in [2.24, 2.45) is 0 Å². The van der Waals surface area contributed by atoms with E-state index < -0.39 is 0 Å². The zero-order chi connectivity index (χ0) is 18.5. The molecule has 0 fully saturated rings. The van der Waals surface area contributed by atoms with E-state index in [4.69, 9.17) is 4.74 Å². The lowest BCUT2D eigenvalue weighted by Crippen LogP contribution is -2.15. The van der Waals surface area contributed by atoms with Gasteiger partial charge in [0.15, 0.2) is 0 Å². The molecule has 1 amide bonds. The molecule has 0 unspecified atom stereocenters. The topological polar surface area (TPSA) is 81.9 Å². The highest BCUT2D eigenvalue weighted by Crippen LogP contribution is 2.25. The molecule has 134 valence electrons. The van der Waals surface area contributed by atoms with E-state index in [2.05, 4.69) is 20.8 Å². The first-order valence-electron chi connectivity index (χ1n) is 8.00. The number of rotatable bonds is 6. The van der Waals surface area contributed by atoms with Gasteiger partial charge in [-0.3, -0.25) is 4.79 Å². The summed E-state index contributed by atoms with van der Waals surface area (Å²) in [6, 6.07) is 13.3. The van der Waals surface area contributed by atoms with Crippen LogP contribution >= 0.6 is 11.8 Å². The second-order valence-corrected chi connectivity index (χ2v) is 6.64. The Labute approximate surface area is 155 Å². The SMILES string of the molecule is COc1ccccc1-n1nnnc1SCC(=O)Nc1ccc(C)cc1C. The van der Waals surface area contributed by atoms with E-state index in [1.807, 2.05) is 56.3 Å². The number of aromatic nitrogens is 4. The van der Waals surface area contributed by atoms with Crippen molar-refractivity contribution in [1.29, 1.82) is 0 Å². The Hall–Kier alpha value is -2.87. The molecule has 3 rings (SSSR count). The van der Waals surface area contributed by atoms with Crippen molar-refractivity contribution >= 4 is 23.4 Å². The predicted octanol–water partition coefficient (Wildman–Crippen LogP) is 3.02. The first-order valence-corrected chi connectivity index (χ1v) is 8.98. The minimum absolute atomic E-state index is 0.114. The minimum Gasteiger partial charge on any atom is -0.494 e. The Morgan fingerprint density at radius 2 is 2.04 bits per heavy atom. The van der Waals surface area contributed by atoms with Crippen LogP contribution in [0.2, 0.25) is 0 Å². The molecule has 0 atom stereocenters. The van der Waals surface area contributed by atoms with Crippen molar-refractivity contribution in [2.45, 2.75) is 19.0 Å². The fraction of sp³-hybridized carbons (Fsp3) is 0.222. The van der Waals surface area contributed by atoms with Crippen LogP contribution in [0, 0.1) is 13.8 Å². The molecule has 0 spiro atoms. The van der Waals surface area contributed by atoms with Gasteiger partial charge in [-0.25, -0.2) is 0 Å². The number of benzene rings is 2. The Balaban J connectivity index is 1.69. The lowest BCUT2D eigenvalue weighted by Gasteiger charge is -2.10. The number of nitrogens with zero attached hydrogens (tertiary/aromatic N) is 4. The lowest BCUT2D eigenvalue weighted by molar-refractivity contribution is -0.113. The Kier molecular flexibility index (Phi) is 5.52. The van der Waals surface area contributed by atoms with Gasteiger partial charge in [-0.2, -0.15) is 4.68 Å². The summed E-state index contributed by atoms with van der Waals surface area (Å²) < 4.78 is 6.91. The minimum atomic E-state index is -0.114. The molecule has 0 aliphatic rings. The Bertz CT molecular complexity index is 925. The monoisotopic (exact) mass is 369 g/mol. The molecule has 1 N–H and O–H groups in total. The standard InChI is InChI=1S/C18H19N5O2S/c1-12-8-9-14(13(2)10-12)19-17(24)11-26-18-20-21-22-23(18)15-6-4-5-7-16(15)25-3/h4-10H,11H2,1-3H3,(H,19,24). The van der Waals surface area contributed by atoms with E-state index in [0.717, 1.165) is 22.5 Å². The van der Waals surface area contributed by atoms with Gasteiger partial charge in [0.1, 0.15) is 11.4 Å². The summed E-state index contributed by atoms with van der Waals surface area (Å²) in [5.41, 5.74) is 3.72. The van der Waals surface area contributed by atoms with Gasteiger partial charge in [0.05, 0.1) is 12.9 Å². The quantitative estimate of drug-likeness (QED) is 0.673. The van der Waals surface area contributed by atoms with E-state index in [9.17, 15) is 4.79 Å². The van der Waals surface area contributed by atoms with Crippen LogP contribution in [-0.2, 0) is 4.79 Å². The maximum atomic E-state index is 12.3. The summed E-state index contributed by atoms with van der Waals surface area (Å²) in [4.78, 5) is 12.3. The molecule has 7 nitrogen and oxygen atoms in total. The number of methoxy groups -OCH3 is 1. The van der Waals surface area contributed by atoms with Crippen LogP contribution < -0.4 is 10.1 Å². The normalized spacial score (nSPS) is 10.6. The summed E-state index contributed by atoms with van der Waals surface area (Å²) in [5, 5.41) is 15.2. The summed E-state index contributed by atoms with van der Waals surface area (Å²) in [6.07, 6.45) is 0. The molecule has 0 saturated carbocycles. The number of nitrogens with one attached hydrogen (secondary N) is 1. The van der Waals surface area contributed by atoms with Crippen molar-refractivity contribution in [2.75, 3.05) is 18.2 Å². The van der Waals surface area contributed by atoms with E-state index >= 15 is 0 Å². The van der Waals surface area contributed by atoms with E-state index in [0.29, 0.717) is 10.9 Å². The number of thioether (sulfide) groups is 1. The maximum Gasteiger partial charge on any atom is 0.234 e. The molecule has 1 aromatic heterocycles. The Morgan fingerprint density at radius 3 is 2.81 bits per heavy atom. The van der Waals surface area contributed by atoms with E-state index in [1.165, 1.54) is 11.8 Å². The number of hydrogen-bond donors (Lipinski definition) is 1. The lowest BCUT2D eigenvalue weighted by atomic mass is 10.1. The van der Waals surface area contributed by atoms with E-state index in [-0.39, 0.29) is 11.7 Å². The molecular weight excluding hydrogens is 350 g/mol. The number of amides is 1. The largest absolute Gasteiger partial charge is 0.494 e. The first-order chi connectivity index (χ1) is 12.6. The van der Waals surface area contributed by atoms with Crippen LogP contribution in [0.5, 0.6) is 5.75 Å². The molecule has 0 radical (unpaired) electrons. The highest BCUT2D eigenvalue weighted by Gasteiger charge is 2.15. The van der Waals surface area contributed by atoms with Gasteiger partial charge in [0.2, 0.25) is 11.1 Å². The third-order valence-electron chi connectivity index (χ3n) is 3.74. The summed E-state index contributed by atoms with van der Waals surface area (Å²) in [6.45, 7) is 3.99. The summed E-state index contributed by atoms with van der Waals surface area (Å²) in [5.74, 6) is 0.737. The number of tetrazole rings is 1.